The minimum atomic E-state index is -0.421. The van der Waals surface area contributed by atoms with Crippen LogP contribution in [0.5, 0.6) is 0 Å². The van der Waals surface area contributed by atoms with E-state index in [1.165, 1.54) is 0 Å². The fourth-order valence-corrected chi connectivity index (χ4v) is 2.61. The van der Waals surface area contributed by atoms with Crippen LogP contribution in [0.2, 0.25) is 10.0 Å². The second kappa shape index (κ2) is 5.96. The Kier molecular flexibility index (Phi) is 4.51. The molecule has 1 atom stereocenters. The summed E-state index contributed by atoms with van der Waals surface area (Å²) in [4.78, 5) is 0. The van der Waals surface area contributed by atoms with Crippen molar-refractivity contribution in [2.24, 2.45) is 5.73 Å². The second-order valence-electron chi connectivity index (χ2n) is 4.77. The van der Waals surface area contributed by atoms with Crippen molar-refractivity contribution in [2.45, 2.75) is 25.3 Å². The maximum Gasteiger partial charge on any atom is 0.0625 e. The Hall–Kier alpha value is -1.02. The van der Waals surface area contributed by atoms with Crippen molar-refractivity contribution in [1.29, 1.82) is 0 Å². The number of rotatable bonds is 4. The molecule has 0 amide bonds. The van der Waals surface area contributed by atoms with Gasteiger partial charge < -0.3 is 5.73 Å². The smallest absolute Gasteiger partial charge is 0.0625 e. The van der Waals surface area contributed by atoms with Crippen LogP contribution in [0, 0.1) is 0 Å². The van der Waals surface area contributed by atoms with Crippen LogP contribution in [0.1, 0.15) is 24.5 Å². The molecule has 1 nitrogen and oxygen atoms in total. The summed E-state index contributed by atoms with van der Waals surface area (Å²) >= 11 is 12.3. The first-order chi connectivity index (χ1) is 9.07. The van der Waals surface area contributed by atoms with E-state index >= 15 is 0 Å². The minimum Gasteiger partial charge on any atom is -0.321 e. The first kappa shape index (κ1) is 14.4. The molecule has 0 bridgehead atoms. The average molecular weight is 294 g/mol. The van der Waals surface area contributed by atoms with Gasteiger partial charge in [0.05, 0.1) is 10.0 Å². The highest BCUT2D eigenvalue weighted by atomic mass is 35.5. The van der Waals surface area contributed by atoms with E-state index in [2.05, 4.69) is 19.1 Å². The first-order valence-electron chi connectivity index (χ1n) is 6.34. The Morgan fingerprint density at radius 3 is 2.32 bits per heavy atom. The lowest BCUT2D eigenvalue weighted by atomic mass is 9.82. The van der Waals surface area contributed by atoms with Crippen LogP contribution >= 0.6 is 23.2 Å². The SMILES string of the molecule is CCC(N)(Cc1cccc(Cl)c1Cl)c1ccccc1. The van der Waals surface area contributed by atoms with Gasteiger partial charge in [-0.15, -0.1) is 0 Å². The van der Waals surface area contributed by atoms with Crippen LogP contribution < -0.4 is 5.73 Å². The van der Waals surface area contributed by atoms with Gasteiger partial charge in [0, 0.05) is 5.54 Å². The van der Waals surface area contributed by atoms with Crippen LogP contribution in [-0.2, 0) is 12.0 Å². The van der Waals surface area contributed by atoms with Crippen molar-refractivity contribution >= 4 is 23.2 Å². The van der Waals surface area contributed by atoms with E-state index in [1.54, 1.807) is 6.07 Å². The fraction of sp³-hybridized carbons (Fsp3) is 0.250. The van der Waals surface area contributed by atoms with Crippen LogP contribution in [0.25, 0.3) is 0 Å². The third-order valence-corrected chi connectivity index (χ3v) is 4.38. The van der Waals surface area contributed by atoms with Crippen molar-refractivity contribution < 1.29 is 0 Å². The number of hydrogen-bond acceptors (Lipinski definition) is 1. The summed E-state index contributed by atoms with van der Waals surface area (Å²) in [5.74, 6) is 0. The lowest BCUT2D eigenvalue weighted by molar-refractivity contribution is 0.425. The molecule has 2 aromatic carbocycles. The monoisotopic (exact) mass is 293 g/mol. The van der Waals surface area contributed by atoms with E-state index in [1.807, 2.05) is 30.3 Å². The van der Waals surface area contributed by atoms with Crippen molar-refractivity contribution in [3.8, 4) is 0 Å². The summed E-state index contributed by atoms with van der Waals surface area (Å²) in [6.07, 6.45) is 1.51. The molecule has 0 spiro atoms. The van der Waals surface area contributed by atoms with E-state index in [9.17, 15) is 0 Å². The molecule has 19 heavy (non-hydrogen) atoms. The molecule has 3 heteroatoms. The summed E-state index contributed by atoms with van der Waals surface area (Å²) in [6, 6.07) is 15.8. The molecule has 0 saturated heterocycles. The van der Waals surface area contributed by atoms with Crippen LogP contribution in [0.15, 0.2) is 48.5 Å². The zero-order valence-corrected chi connectivity index (χ0v) is 12.4. The minimum absolute atomic E-state index is 0.421. The molecule has 0 saturated carbocycles. The first-order valence-corrected chi connectivity index (χ1v) is 7.10. The molecule has 0 heterocycles. The quantitative estimate of drug-likeness (QED) is 0.861. The Bertz CT molecular complexity index is 554. The topological polar surface area (TPSA) is 26.0 Å². The van der Waals surface area contributed by atoms with Gasteiger partial charge >= 0.3 is 0 Å². The van der Waals surface area contributed by atoms with Gasteiger partial charge in [0.25, 0.3) is 0 Å². The predicted octanol–water partition coefficient (Wildman–Crippen LogP) is 4.80. The normalized spacial score (nSPS) is 14.1. The van der Waals surface area contributed by atoms with Gasteiger partial charge in [-0.25, -0.2) is 0 Å². The van der Waals surface area contributed by atoms with Gasteiger partial charge in [0.1, 0.15) is 0 Å². The third kappa shape index (κ3) is 3.11. The summed E-state index contributed by atoms with van der Waals surface area (Å²) in [6.45, 7) is 2.09. The molecule has 0 aromatic heterocycles. The predicted molar refractivity (Wildman–Crippen MR) is 82.8 cm³/mol. The van der Waals surface area contributed by atoms with Gasteiger partial charge in [-0.3, -0.25) is 0 Å². The zero-order valence-electron chi connectivity index (χ0n) is 10.9. The van der Waals surface area contributed by atoms with Crippen molar-refractivity contribution in [3.05, 3.63) is 69.7 Å². The molecule has 1 unspecified atom stereocenters. The summed E-state index contributed by atoms with van der Waals surface area (Å²) in [5, 5.41) is 1.18. The second-order valence-corrected chi connectivity index (χ2v) is 5.55. The van der Waals surface area contributed by atoms with Crippen molar-refractivity contribution in [1.82, 2.24) is 0 Å². The molecule has 0 aliphatic carbocycles. The van der Waals surface area contributed by atoms with E-state index in [0.717, 1.165) is 17.5 Å². The average Bonchev–Trinajstić information content (AvgIpc) is 2.45. The van der Waals surface area contributed by atoms with Gasteiger partial charge in [-0.1, -0.05) is 72.6 Å². The maximum absolute atomic E-state index is 6.57. The molecule has 2 rings (SSSR count). The molecule has 2 N–H and O–H groups in total. The van der Waals surface area contributed by atoms with Gasteiger partial charge in [-0.2, -0.15) is 0 Å². The van der Waals surface area contributed by atoms with Crippen molar-refractivity contribution in [2.75, 3.05) is 0 Å². The zero-order chi connectivity index (χ0) is 13.9. The largest absolute Gasteiger partial charge is 0.321 e. The van der Waals surface area contributed by atoms with Gasteiger partial charge in [0.15, 0.2) is 0 Å². The number of nitrogens with two attached hydrogens (primary N) is 1. The Labute approximate surface area is 124 Å². The molecule has 0 aliphatic heterocycles. The fourth-order valence-electron chi connectivity index (χ4n) is 2.23. The van der Waals surface area contributed by atoms with Crippen molar-refractivity contribution in [3.63, 3.8) is 0 Å². The van der Waals surface area contributed by atoms with Crippen LogP contribution in [-0.4, -0.2) is 0 Å². The molecule has 2 aromatic rings. The van der Waals surface area contributed by atoms with E-state index in [4.69, 9.17) is 28.9 Å². The number of halogens is 2. The van der Waals surface area contributed by atoms with Crippen LogP contribution in [0.3, 0.4) is 0 Å². The summed E-state index contributed by atoms with van der Waals surface area (Å²) in [7, 11) is 0. The Balaban J connectivity index is 2.36. The number of benzene rings is 2. The highest BCUT2D eigenvalue weighted by Crippen LogP contribution is 2.32. The molecule has 0 radical (unpaired) electrons. The Morgan fingerprint density at radius 1 is 1.00 bits per heavy atom. The van der Waals surface area contributed by atoms with Gasteiger partial charge in [0.2, 0.25) is 0 Å². The van der Waals surface area contributed by atoms with Gasteiger partial charge in [-0.05, 0) is 30.0 Å². The molecule has 0 aliphatic rings. The third-order valence-electron chi connectivity index (χ3n) is 3.52. The molecular formula is C16H17Cl2N. The lowest BCUT2D eigenvalue weighted by Crippen LogP contribution is -2.38. The number of hydrogen-bond donors (Lipinski definition) is 1. The standard InChI is InChI=1S/C16H17Cl2N/c1-2-16(19,13-8-4-3-5-9-13)11-12-7-6-10-14(17)15(12)18/h3-10H,2,11,19H2,1H3. The van der Waals surface area contributed by atoms with Crippen LogP contribution in [0.4, 0.5) is 0 Å². The van der Waals surface area contributed by atoms with E-state index in [0.29, 0.717) is 16.5 Å². The van der Waals surface area contributed by atoms with E-state index in [-0.39, 0.29) is 0 Å². The Morgan fingerprint density at radius 2 is 1.68 bits per heavy atom. The summed E-state index contributed by atoms with van der Waals surface area (Å²) < 4.78 is 0. The molecule has 100 valence electrons. The lowest BCUT2D eigenvalue weighted by Gasteiger charge is -2.29. The highest BCUT2D eigenvalue weighted by Gasteiger charge is 2.26. The van der Waals surface area contributed by atoms with E-state index < -0.39 is 5.54 Å². The maximum atomic E-state index is 6.57. The molecule has 0 fully saturated rings. The highest BCUT2D eigenvalue weighted by molar-refractivity contribution is 6.42. The molecular weight excluding hydrogens is 277 g/mol. The summed E-state index contributed by atoms with van der Waals surface area (Å²) in [5.41, 5.74) is 8.25.